The van der Waals surface area contributed by atoms with Crippen LogP contribution in [0, 0.1) is 12.8 Å². The number of guanidine groups is 1. The predicted molar refractivity (Wildman–Crippen MR) is 94.3 cm³/mol. The molecule has 6 nitrogen and oxygen atoms in total. The molecule has 0 atom stereocenters. The summed E-state index contributed by atoms with van der Waals surface area (Å²) in [4.78, 5) is 4.68. The Morgan fingerprint density at radius 2 is 1.96 bits per heavy atom. The number of aromatic nitrogens is 3. The average Bonchev–Trinajstić information content (AvgIpc) is 2.87. The third-order valence-corrected chi connectivity index (χ3v) is 4.79. The molecule has 130 valence electrons. The van der Waals surface area contributed by atoms with E-state index in [-0.39, 0.29) is 0 Å². The molecule has 6 heteroatoms. The van der Waals surface area contributed by atoms with Crippen LogP contribution in [-0.2, 0) is 13.6 Å². The van der Waals surface area contributed by atoms with Gasteiger partial charge in [0.1, 0.15) is 12.4 Å². The van der Waals surface area contributed by atoms with Gasteiger partial charge in [-0.05, 0) is 45.4 Å². The highest BCUT2D eigenvalue weighted by Gasteiger charge is 2.21. The number of aryl methyl sites for hydroxylation is 1. The maximum absolute atomic E-state index is 4.68. The van der Waals surface area contributed by atoms with Crippen LogP contribution in [0.1, 0.15) is 64.0 Å². The minimum Gasteiger partial charge on any atom is -0.357 e. The Bertz CT molecular complexity index is 499. The van der Waals surface area contributed by atoms with Gasteiger partial charge in [-0.2, -0.15) is 0 Å². The van der Waals surface area contributed by atoms with Crippen molar-refractivity contribution in [2.45, 2.75) is 71.9 Å². The second kappa shape index (κ2) is 8.89. The van der Waals surface area contributed by atoms with Gasteiger partial charge < -0.3 is 15.2 Å². The van der Waals surface area contributed by atoms with Crippen molar-refractivity contribution < 1.29 is 0 Å². The summed E-state index contributed by atoms with van der Waals surface area (Å²) < 4.78 is 1.99. The maximum Gasteiger partial charge on any atom is 0.191 e. The van der Waals surface area contributed by atoms with Crippen LogP contribution in [0.2, 0.25) is 0 Å². The molecular formula is C17H32N6. The fourth-order valence-corrected chi connectivity index (χ4v) is 3.26. The molecule has 0 radical (unpaired) electrons. The fraction of sp³-hybridized carbons (Fsp3) is 0.824. The molecule has 1 fully saturated rings. The molecule has 2 N–H and O–H groups in total. The maximum atomic E-state index is 4.68. The summed E-state index contributed by atoms with van der Waals surface area (Å²) in [5, 5.41) is 15.2. The van der Waals surface area contributed by atoms with Gasteiger partial charge in [-0.1, -0.05) is 19.8 Å². The van der Waals surface area contributed by atoms with E-state index in [0.717, 1.165) is 30.1 Å². The minimum absolute atomic E-state index is 0.544. The first-order valence-corrected chi connectivity index (χ1v) is 9.03. The average molecular weight is 320 g/mol. The topological polar surface area (TPSA) is 67.1 Å². The summed E-state index contributed by atoms with van der Waals surface area (Å²) in [5.74, 6) is 3.64. The van der Waals surface area contributed by atoms with Crippen molar-refractivity contribution in [2.24, 2.45) is 18.0 Å². The first-order valence-electron chi connectivity index (χ1n) is 9.03. The van der Waals surface area contributed by atoms with Crippen molar-refractivity contribution in [1.82, 2.24) is 25.4 Å². The number of rotatable bonds is 6. The summed E-state index contributed by atoms with van der Waals surface area (Å²) in [6.07, 6.45) is 7.87. The molecule has 1 aromatic heterocycles. The molecule has 0 amide bonds. The van der Waals surface area contributed by atoms with Crippen LogP contribution in [0.4, 0.5) is 0 Å². The lowest BCUT2D eigenvalue weighted by molar-refractivity contribution is 0.295. The molecule has 1 aliphatic rings. The number of nitrogens with one attached hydrogen (secondary N) is 2. The Morgan fingerprint density at radius 3 is 2.52 bits per heavy atom. The van der Waals surface area contributed by atoms with E-state index in [1.165, 1.54) is 38.5 Å². The van der Waals surface area contributed by atoms with Crippen molar-refractivity contribution in [3.05, 3.63) is 11.6 Å². The zero-order valence-corrected chi connectivity index (χ0v) is 15.1. The third-order valence-electron chi connectivity index (χ3n) is 4.79. The summed E-state index contributed by atoms with van der Waals surface area (Å²) in [6, 6.07) is 0.544. The highest BCUT2D eigenvalue weighted by Crippen LogP contribution is 2.27. The van der Waals surface area contributed by atoms with Gasteiger partial charge in [0.15, 0.2) is 11.8 Å². The van der Waals surface area contributed by atoms with Gasteiger partial charge >= 0.3 is 0 Å². The molecule has 0 aromatic carbocycles. The van der Waals surface area contributed by atoms with Crippen molar-refractivity contribution in [3.63, 3.8) is 0 Å². The summed E-state index contributed by atoms with van der Waals surface area (Å²) >= 11 is 0. The van der Waals surface area contributed by atoms with Crippen LogP contribution < -0.4 is 10.6 Å². The zero-order valence-electron chi connectivity index (χ0n) is 15.1. The van der Waals surface area contributed by atoms with Crippen molar-refractivity contribution in [2.75, 3.05) is 6.54 Å². The summed E-state index contributed by atoms with van der Waals surface area (Å²) in [6.45, 7) is 7.77. The second-order valence-corrected chi connectivity index (χ2v) is 6.57. The largest absolute Gasteiger partial charge is 0.357 e. The Balaban J connectivity index is 1.88. The third kappa shape index (κ3) is 5.22. The molecule has 0 aliphatic heterocycles. The highest BCUT2D eigenvalue weighted by molar-refractivity contribution is 5.80. The van der Waals surface area contributed by atoms with E-state index in [4.69, 9.17) is 0 Å². The molecule has 0 bridgehead atoms. The lowest BCUT2D eigenvalue weighted by Crippen LogP contribution is -2.44. The Labute approximate surface area is 140 Å². The number of nitrogens with zero attached hydrogens (tertiary/aromatic N) is 4. The summed E-state index contributed by atoms with van der Waals surface area (Å²) in [7, 11) is 1.98. The molecule has 1 aromatic rings. The van der Waals surface area contributed by atoms with E-state index in [1.54, 1.807) is 0 Å². The van der Waals surface area contributed by atoms with Gasteiger partial charge in [0, 0.05) is 19.6 Å². The van der Waals surface area contributed by atoms with Gasteiger partial charge in [0.05, 0.1) is 0 Å². The SMILES string of the molecule is CCCC1CCC(NC(=NCc2nnc(C)n2C)NCC)CC1. The standard InChI is InChI=1S/C17H32N6/c1-5-7-14-8-10-15(11-9-14)20-17(18-6-2)19-12-16-22-21-13(3)23(16)4/h14-15H,5-12H2,1-4H3,(H2,18,19,20). The molecule has 0 spiro atoms. The first-order chi connectivity index (χ1) is 11.1. The molecule has 1 aliphatic carbocycles. The van der Waals surface area contributed by atoms with E-state index in [0.29, 0.717) is 12.6 Å². The van der Waals surface area contributed by atoms with Crippen LogP contribution in [-0.4, -0.2) is 33.3 Å². The predicted octanol–water partition coefficient (Wildman–Crippen LogP) is 2.54. The Kier molecular flexibility index (Phi) is 6.86. The van der Waals surface area contributed by atoms with Gasteiger partial charge in [0.2, 0.25) is 0 Å². The molecule has 23 heavy (non-hydrogen) atoms. The lowest BCUT2D eigenvalue weighted by atomic mass is 9.83. The van der Waals surface area contributed by atoms with E-state index >= 15 is 0 Å². The zero-order chi connectivity index (χ0) is 16.7. The van der Waals surface area contributed by atoms with Crippen LogP contribution in [0.25, 0.3) is 0 Å². The number of hydrogen-bond donors (Lipinski definition) is 2. The summed E-state index contributed by atoms with van der Waals surface area (Å²) in [5.41, 5.74) is 0. The van der Waals surface area contributed by atoms with E-state index < -0.39 is 0 Å². The van der Waals surface area contributed by atoms with Crippen molar-refractivity contribution in [3.8, 4) is 0 Å². The molecular weight excluding hydrogens is 288 g/mol. The molecule has 0 unspecified atom stereocenters. The number of aliphatic imine (C=N–C) groups is 1. The lowest BCUT2D eigenvalue weighted by Gasteiger charge is -2.30. The van der Waals surface area contributed by atoms with Gasteiger partial charge in [-0.15, -0.1) is 10.2 Å². The minimum atomic E-state index is 0.544. The number of hydrogen-bond acceptors (Lipinski definition) is 3. The molecule has 1 heterocycles. The van der Waals surface area contributed by atoms with Crippen LogP contribution in [0.15, 0.2) is 4.99 Å². The molecule has 0 saturated heterocycles. The first kappa shape index (κ1) is 17.8. The fourth-order valence-electron chi connectivity index (χ4n) is 3.26. The smallest absolute Gasteiger partial charge is 0.191 e. The quantitative estimate of drug-likeness (QED) is 0.624. The van der Waals surface area contributed by atoms with Crippen molar-refractivity contribution in [1.29, 1.82) is 0 Å². The second-order valence-electron chi connectivity index (χ2n) is 6.57. The van der Waals surface area contributed by atoms with E-state index in [1.807, 2.05) is 18.5 Å². The van der Waals surface area contributed by atoms with Gasteiger partial charge in [0.25, 0.3) is 0 Å². The highest BCUT2D eigenvalue weighted by atomic mass is 15.3. The van der Waals surface area contributed by atoms with Crippen LogP contribution in [0.5, 0.6) is 0 Å². The van der Waals surface area contributed by atoms with E-state index in [9.17, 15) is 0 Å². The molecule has 2 rings (SSSR count). The monoisotopic (exact) mass is 320 g/mol. The molecule has 1 saturated carbocycles. The van der Waals surface area contributed by atoms with Gasteiger partial charge in [-0.25, -0.2) is 4.99 Å². The Morgan fingerprint density at radius 1 is 1.22 bits per heavy atom. The van der Waals surface area contributed by atoms with Crippen LogP contribution >= 0.6 is 0 Å². The van der Waals surface area contributed by atoms with Crippen LogP contribution in [0.3, 0.4) is 0 Å². The normalized spacial score (nSPS) is 22.2. The van der Waals surface area contributed by atoms with Crippen molar-refractivity contribution >= 4 is 5.96 Å². The van der Waals surface area contributed by atoms with Gasteiger partial charge in [-0.3, -0.25) is 0 Å². The Hall–Kier alpha value is -1.59. The van der Waals surface area contributed by atoms with E-state index in [2.05, 4.69) is 39.7 Å².